The summed E-state index contributed by atoms with van der Waals surface area (Å²) in [6, 6.07) is 4.90. The molecule has 0 saturated carbocycles. The normalized spacial score (nSPS) is 11.6. The third-order valence-electron chi connectivity index (χ3n) is 2.14. The van der Waals surface area contributed by atoms with Crippen LogP contribution >= 0.6 is 27.7 Å². The molecule has 0 fully saturated rings. The fourth-order valence-electron chi connectivity index (χ4n) is 1.30. The first-order valence-electron chi connectivity index (χ1n) is 5.60. The van der Waals surface area contributed by atoms with E-state index >= 15 is 0 Å². The van der Waals surface area contributed by atoms with Crippen molar-refractivity contribution in [3.63, 3.8) is 0 Å². The van der Waals surface area contributed by atoms with Crippen LogP contribution in [0.25, 0.3) is 0 Å². The minimum absolute atomic E-state index is 0.0226. The number of carbonyl (C=O) groups is 1. The van der Waals surface area contributed by atoms with Gasteiger partial charge in [-0.05, 0) is 40.5 Å². The molecule has 0 aromatic heterocycles. The lowest BCUT2D eigenvalue weighted by molar-refractivity contribution is -0.173. The molecule has 0 aliphatic rings. The molecule has 0 aliphatic heterocycles. The van der Waals surface area contributed by atoms with Crippen molar-refractivity contribution in [2.24, 2.45) is 0 Å². The second-order valence-electron chi connectivity index (χ2n) is 3.82. The highest BCUT2D eigenvalue weighted by Gasteiger charge is 2.27. The number of benzene rings is 1. The van der Waals surface area contributed by atoms with Gasteiger partial charge in [-0.2, -0.15) is 13.2 Å². The third-order valence-corrected chi connectivity index (χ3v) is 3.91. The van der Waals surface area contributed by atoms with E-state index in [2.05, 4.69) is 20.7 Å². The van der Waals surface area contributed by atoms with Crippen LogP contribution in [0.3, 0.4) is 0 Å². The zero-order valence-corrected chi connectivity index (χ0v) is 12.6. The molecule has 0 unspecified atom stereocenters. The second kappa shape index (κ2) is 7.90. The Morgan fingerprint density at radius 1 is 1.40 bits per heavy atom. The van der Waals surface area contributed by atoms with Gasteiger partial charge < -0.3 is 9.84 Å². The lowest BCUT2D eigenvalue weighted by atomic mass is 10.2. The Bertz CT molecular complexity index is 466. The highest BCUT2D eigenvalue weighted by atomic mass is 79.9. The highest BCUT2D eigenvalue weighted by molar-refractivity contribution is 9.10. The van der Waals surface area contributed by atoms with E-state index in [0.717, 1.165) is 4.90 Å². The molecule has 112 valence electrons. The maximum absolute atomic E-state index is 11.8. The summed E-state index contributed by atoms with van der Waals surface area (Å²) in [4.78, 5) is 11.7. The van der Waals surface area contributed by atoms with Crippen molar-refractivity contribution < 1.29 is 27.8 Å². The van der Waals surface area contributed by atoms with Gasteiger partial charge >= 0.3 is 12.1 Å². The summed E-state index contributed by atoms with van der Waals surface area (Å²) in [6.07, 6.45) is -3.84. The van der Waals surface area contributed by atoms with Crippen molar-refractivity contribution in [3.8, 4) is 0 Å². The van der Waals surface area contributed by atoms with Gasteiger partial charge in [0.1, 0.15) is 6.61 Å². The van der Waals surface area contributed by atoms with Crippen LogP contribution in [0.4, 0.5) is 13.2 Å². The molecule has 3 nitrogen and oxygen atoms in total. The SMILES string of the molecule is O=C(O)c1cc(SCCCOCC(F)(F)F)ccc1Br. The van der Waals surface area contributed by atoms with Gasteiger partial charge in [0.05, 0.1) is 5.56 Å². The quantitative estimate of drug-likeness (QED) is 0.575. The van der Waals surface area contributed by atoms with Gasteiger partial charge in [0.15, 0.2) is 0 Å². The summed E-state index contributed by atoms with van der Waals surface area (Å²) in [5, 5.41) is 8.94. The van der Waals surface area contributed by atoms with E-state index < -0.39 is 18.8 Å². The fraction of sp³-hybridized carbons (Fsp3) is 0.417. The van der Waals surface area contributed by atoms with E-state index in [-0.39, 0.29) is 12.2 Å². The predicted octanol–water partition coefficient (Wildman–Crippen LogP) is 4.21. The van der Waals surface area contributed by atoms with Crippen LogP contribution in [0.15, 0.2) is 27.6 Å². The molecule has 20 heavy (non-hydrogen) atoms. The Hall–Kier alpha value is -0.730. The number of carboxylic acids is 1. The summed E-state index contributed by atoms with van der Waals surface area (Å²) < 4.78 is 40.4. The third kappa shape index (κ3) is 6.62. The average Bonchev–Trinajstić information content (AvgIpc) is 2.33. The maximum Gasteiger partial charge on any atom is 0.411 e. The molecule has 1 rings (SSSR count). The van der Waals surface area contributed by atoms with Crippen LogP contribution in [-0.4, -0.2) is 36.2 Å². The van der Waals surface area contributed by atoms with Gasteiger partial charge in [0.25, 0.3) is 0 Å². The molecule has 0 saturated heterocycles. The molecule has 1 aromatic carbocycles. The molecular formula is C12H12BrF3O3S. The van der Waals surface area contributed by atoms with Crippen molar-refractivity contribution in [3.05, 3.63) is 28.2 Å². The molecule has 0 radical (unpaired) electrons. The van der Waals surface area contributed by atoms with Crippen molar-refractivity contribution in [2.75, 3.05) is 19.0 Å². The summed E-state index contributed by atoms with van der Waals surface area (Å²) in [7, 11) is 0. The average molecular weight is 373 g/mol. The lowest BCUT2D eigenvalue weighted by Gasteiger charge is -2.07. The number of halogens is 4. The number of thioether (sulfide) groups is 1. The number of hydrogen-bond acceptors (Lipinski definition) is 3. The Balaban J connectivity index is 2.32. The van der Waals surface area contributed by atoms with Gasteiger partial charge in [-0.25, -0.2) is 4.79 Å². The van der Waals surface area contributed by atoms with Crippen LogP contribution in [0, 0.1) is 0 Å². The van der Waals surface area contributed by atoms with Gasteiger partial charge in [-0.1, -0.05) is 0 Å². The van der Waals surface area contributed by atoms with E-state index in [1.807, 2.05) is 0 Å². The van der Waals surface area contributed by atoms with E-state index in [4.69, 9.17) is 5.11 Å². The van der Waals surface area contributed by atoms with Crippen LogP contribution in [-0.2, 0) is 4.74 Å². The van der Waals surface area contributed by atoms with Gasteiger partial charge in [-0.3, -0.25) is 0 Å². The second-order valence-corrected chi connectivity index (χ2v) is 5.84. The fourth-order valence-corrected chi connectivity index (χ4v) is 2.58. The molecule has 0 amide bonds. The van der Waals surface area contributed by atoms with Gasteiger partial charge in [0.2, 0.25) is 0 Å². The molecular weight excluding hydrogens is 361 g/mol. The zero-order valence-electron chi connectivity index (χ0n) is 10.2. The van der Waals surface area contributed by atoms with E-state index in [0.29, 0.717) is 16.6 Å². The van der Waals surface area contributed by atoms with E-state index in [1.54, 1.807) is 12.1 Å². The lowest BCUT2D eigenvalue weighted by Crippen LogP contribution is -2.17. The minimum atomic E-state index is -4.30. The van der Waals surface area contributed by atoms with Crippen molar-refractivity contribution in [2.45, 2.75) is 17.5 Å². The number of alkyl halides is 3. The molecule has 8 heteroatoms. The monoisotopic (exact) mass is 372 g/mol. The van der Waals surface area contributed by atoms with Gasteiger partial charge in [-0.15, -0.1) is 11.8 Å². The molecule has 0 bridgehead atoms. The molecule has 1 N–H and O–H groups in total. The summed E-state index contributed by atoms with van der Waals surface area (Å²) >= 11 is 4.51. The number of ether oxygens (including phenoxy) is 1. The number of rotatable bonds is 7. The largest absolute Gasteiger partial charge is 0.478 e. The summed E-state index contributed by atoms with van der Waals surface area (Å²) in [5.41, 5.74) is 0.156. The molecule has 0 aliphatic carbocycles. The highest BCUT2D eigenvalue weighted by Crippen LogP contribution is 2.25. The Labute approximate surface area is 126 Å². The molecule has 0 atom stereocenters. The molecule has 0 heterocycles. The Kier molecular flexibility index (Phi) is 6.84. The Morgan fingerprint density at radius 3 is 2.70 bits per heavy atom. The van der Waals surface area contributed by atoms with E-state index in [1.165, 1.54) is 17.8 Å². The first-order chi connectivity index (χ1) is 9.29. The van der Waals surface area contributed by atoms with Crippen LogP contribution in [0.1, 0.15) is 16.8 Å². The zero-order chi connectivity index (χ0) is 15.2. The first kappa shape index (κ1) is 17.3. The smallest absolute Gasteiger partial charge is 0.411 e. The maximum atomic E-state index is 11.8. The van der Waals surface area contributed by atoms with Crippen molar-refractivity contribution in [1.82, 2.24) is 0 Å². The number of carboxylic acid groups (broad SMARTS) is 1. The van der Waals surface area contributed by atoms with Crippen molar-refractivity contribution >= 4 is 33.7 Å². The predicted molar refractivity (Wildman–Crippen MR) is 73.3 cm³/mol. The van der Waals surface area contributed by atoms with Crippen LogP contribution < -0.4 is 0 Å². The molecule has 1 aromatic rings. The van der Waals surface area contributed by atoms with Crippen LogP contribution in [0.5, 0.6) is 0 Å². The number of aromatic carboxylic acids is 1. The topological polar surface area (TPSA) is 46.5 Å². The van der Waals surface area contributed by atoms with Gasteiger partial charge in [0, 0.05) is 21.7 Å². The Morgan fingerprint density at radius 2 is 2.10 bits per heavy atom. The van der Waals surface area contributed by atoms with Crippen LogP contribution in [0.2, 0.25) is 0 Å². The van der Waals surface area contributed by atoms with Crippen molar-refractivity contribution in [1.29, 1.82) is 0 Å². The van der Waals surface area contributed by atoms with E-state index in [9.17, 15) is 18.0 Å². The minimum Gasteiger partial charge on any atom is -0.478 e. The number of hydrogen-bond donors (Lipinski definition) is 1. The summed E-state index contributed by atoms with van der Waals surface area (Å²) in [6.45, 7) is -1.21. The molecule has 0 spiro atoms. The first-order valence-corrected chi connectivity index (χ1v) is 7.37. The standard InChI is InChI=1S/C12H12BrF3O3S/c13-10-3-2-8(6-9(10)11(17)18)20-5-1-4-19-7-12(14,15)16/h2-3,6H,1,4-5,7H2,(H,17,18). The summed E-state index contributed by atoms with van der Waals surface area (Å²) in [5.74, 6) is -0.480.